The molecule has 0 radical (unpaired) electrons. The molecule has 2 aromatic carbocycles. The van der Waals surface area contributed by atoms with Gasteiger partial charge in [0.05, 0.1) is 23.8 Å². The first-order valence-electron chi connectivity index (χ1n) is 10.1. The molecule has 30 heavy (non-hydrogen) atoms. The fraction of sp³-hybridized carbons (Fsp3) is 0.409. The lowest BCUT2D eigenvalue weighted by atomic mass is 10.1. The van der Waals surface area contributed by atoms with E-state index in [9.17, 15) is 13.2 Å². The van der Waals surface area contributed by atoms with Gasteiger partial charge in [-0.1, -0.05) is 18.2 Å². The van der Waals surface area contributed by atoms with Crippen LogP contribution in [0.25, 0.3) is 0 Å². The minimum absolute atomic E-state index is 0.153. The molecule has 1 saturated heterocycles. The number of hydrogen-bond acceptors (Lipinski definition) is 5. The van der Waals surface area contributed by atoms with Crippen molar-refractivity contribution < 1.29 is 17.9 Å². The highest BCUT2D eigenvalue weighted by Gasteiger charge is 2.22. The van der Waals surface area contributed by atoms with E-state index in [0.717, 1.165) is 44.8 Å². The Hall–Kier alpha value is -2.42. The number of rotatable bonds is 8. The van der Waals surface area contributed by atoms with Crippen LogP contribution in [0.15, 0.2) is 53.4 Å². The first-order valence-corrected chi connectivity index (χ1v) is 11.6. The Labute approximate surface area is 178 Å². The maximum atomic E-state index is 12.8. The second-order valence-electron chi connectivity index (χ2n) is 7.35. The minimum atomic E-state index is -3.66. The molecule has 0 aliphatic carbocycles. The number of carbonyl (C=O) groups excluding carboxylic acids is 1. The monoisotopic (exact) mass is 431 g/mol. The quantitative estimate of drug-likeness (QED) is 0.649. The topological polar surface area (TPSA) is 79.0 Å². The van der Waals surface area contributed by atoms with Crippen LogP contribution in [0.2, 0.25) is 0 Å². The van der Waals surface area contributed by atoms with Gasteiger partial charge in [-0.05, 0) is 55.8 Å². The van der Waals surface area contributed by atoms with Gasteiger partial charge in [-0.25, -0.2) is 8.42 Å². The molecule has 1 fully saturated rings. The Kier molecular flexibility index (Phi) is 7.47. The molecule has 0 spiro atoms. The highest BCUT2D eigenvalue weighted by Crippen LogP contribution is 2.26. The molecule has 1 amide bonds. The maximum absolute atomic E-state index is 12.8. The number of ether oxygens (including phenoxy) is 1. The summed E-state index contributed by atoms with van der Waals surface area (Å²) in [4.78, 5) is 15.0. The van der Waals surface area contributed by atoms with Crippen molar-refractivity contribution in [2.75, 3.05) is 50.7 Å². The zero-order chi connectivity index (χ0) is 21.6. The summed E-state index contributed by atoms with van der Waals surface area (Å²) in [5, 5.41) is 2.94. The van der Waals surface area contributed by atoms with E-state index in [2.05, 4.69) is 10.2 Å². The van der Waals surface area contributed by atoms with Gasteiger partial charge >= 0.3 is 0 Å². The van der Waals surface area contributed by atoms with Crippen molar-refractivity contribution in [3.8, 4) is 0 Å². The van der Waals surface area contributed by atoms with E-state index in [4.69, 9.17) is 4.74 Å². The largest absolute Gasteiger partial charge is 0.379 e. The van der Waals surface area contributed by atoms with Crippen molar-refractivity contribution in [1.29, 1.82) is 0 Å². The first-order chi connectivity index (χ1) is 14.4. The third-order valence-electron chi connectivity index (χ3n) is 5.24. The van der Waals surface area contributed by atoms with Gasteiger partial charge in [-0.2, -0.15) is 0 Å². The lowest BCUT2D eigenvalue weighted by molar-refractivity contribution is 0.0374. The molecular weight excluding hydrogens is 402 g/mol. The maximum Gasteiger partial charge on any atom is 0.264 e. The normalized spacial score (nSPS) is 15.0. The Balaban J connectivity index is 1.59. The van der Waals surface area contributed by atoms with Crippen LogP contribution in [-0.4, -0.2) is 65.7 Å². The predicted molar refractivity (Wildman–Crippen MR) is 117 cm³/mol. The van der Waals surface area contributed by atoms with Crippen LogP contribution in [0.5, 0.6) is 0 Å². The number of morpholine rings is 1. The molecule has 0 saturated carbocycles. The number of amides is 1. The van der Waals surface area contributed by atoms with Crippen LogP contribution in [-0.2, 0) is 14.8 Å². The molecule has 3 rings (SSSR count). The summed E-state index contributed by atoms with van der Waals surface area (Å²) in [5.41, 5.74) is 1.79. The van der Waals surface area contributed by atoms with E-state index < -0.39 is 10.0 Å². The van der Waals surface area contributed by atoms with Gasteiger partial charge in [0.2, 0.25) is 0 Å². The number of aryl methyl sites for hydroxylation is 1. The molecule has 162 valence electrons. The second-order valence-corrected chi connectivity index (χ2v) is 9.32. The lowest BCUT2D eigenvalue weighted by Crippen LogP contribution is -2.38. The number of anilines is 1. The van der Waals surface area contributed by atoms with Gasteiger partial charge in [0, 0.05) is 32.2 Å². The van der Waals surface area contributed by atoms with E-state index in [1.54, 1.807) is 48.5 Å². The molecular formula is C22H29N3O4S. The van der Waals surface area contributed by atoms with Gasteiger partial charge in [-0.15, -0.1) is 0 Å². The molecule has 8 heteroatoms. The van der Waals surface area contributed by atoms with Crippen molar-refractivity contribution in [1.82, 2.24) is 10.2 Å². The van der Waals surface area contributed by atoms with E-state index in [1.807, 2.05) is 6.92 Å². The van der Waals surface area contributed by atoms with Crippen LogP contribution >= 0.6 is 0 Å². The van der Waals surface area contributed by atoms with Gasteiger partial charge in [-0.3, -0.25) is 14.0 Å². The predicted octanol–water partition coefficient (Wildman–Crippen LogP) is 2.27. The molecule has 1 N–H and O–H groups in total. The Morgan fingerprint density at radius 2 is 1.83 bits per heavy atom. The van der Waals surface area contributed by atoms with Crippen molar-refractivity contribution in [3.63, 3.8) is 0 Å². The number of nitrogens with zero attached hydrogens (tertiary/aromatic N) is 2. The van der Waals surface area contributed by atoms with Crippen LogP contribution < -0.4 is 9.62 Å². The van der Waals surface area contributed by atoms with E-state index in [-0.39, 0.29) is 10.8 Å². The van der Waals surface area contributed by atoms with E-state index >= 15 is 0 Å². The van der Waals surface area contributed by atoms with E-state index in [1.165, 1.54) is 11.4 Å². The van der Waals surface area contributed by atoms with Crippen molar-refractivity contribution in [2.24, 2.45) is 0 Å². The molecule has 0 bridgehead atoms. The fourth-order valence-electron chi connectivity index (χ4n) is 3.46. The van der Waals surface area contributed by atoms with Crippen molar-refractivity contribution in [2.45, 2.75) is 18.2 Å². The van der Waals surface area contributed by atoms with Crippen LogP contribution in [0.1, 0.15) is 22.3 Å². The third-order valence-corrected chi connectivity index (χ3v) is 7.03. The molecule has 2 aromatic rings. The van der Waals surface area contributed by atoms with Crippen molar-refractivity contribution in [3.05, 3.63) is 59.7 Å². The standard InChI is InChI=1S/C22H29N3O4S/c1-18-17-19(22(26)23-11-6-12-25-13-15-29-16-14-25)9-10-21(18)24(2)30(27,28)20-7-4-3-5-8-20/h3-5,7-10,17H,6,11-16H2,1-2H3,(H,23,26). The highest BCUT2D eigenvalue weighted by atomic mass is 32.2. The fourth-order valence-corrected chi connectivity index (χ4v) is 4.74. The number of hydrogen-bond donors (Lipinski definition) is 1. The number of benzene rings is 2. The first kappa shape index (κ1) is 22.3. The van der Waals surface area contributed by atoms with Crippen LogP contribution in [0, 0.1) is 6.92 Å². The molecule has 0 atom stereocenters. The SMILES string of the molecule is Cc1cc(C(=O)NCCCN2CCOCC2)ccc1N(C)S(=O)(=O)c1ccccc1. The summed E-state index contributed by atoms with van der Waals surface area (Å²) in [5.74, 6) is -0.153. The van der Waals surface area contributed by atoms with Gasteiger partial charge in [0.1, 0.15) is 0 Å². The Bertz CT molecular complexity index is 958. The molecule has 0 aromatic heterocycles. The molecule has 7 nitrogen and oxygen atoms in total. The van der Waals surface area contributed by atoms with Gasteiger partial charge < -0.3 is 10.1 Å². The summed E-state index contributed by atoms with van der Waals surface area (Å²) in [6.45, 7) is 6.76. The number of nitrogens with one attached hydrogen (secondary N) is 1. The molecule has 1 heterocycles. The molecule has 1 aliphatic heterocycles. The lowest BCUT2D eigenvalue weighted by Gasteiger charge is -2.26. The van der Waals surface area contributed by atoms with Crippen LogP contribution in [0.3, 0.4) is 0 Å². The Morgan fingerprint density at radius 3 is 2.50 bits per heavy atom. The summed E-state index contributed by atoms with van der Waals surface area (Å²) >= 11 is 0. The summed E-state index contributed by atoms with van der Waals surface area (Å²) in [6, 6.07) is 13.4. The molecule has 1 aliphatic rings. The minimum Gasteiger partial charge on any atom is -0.379 e. The summed E-state index contributed by atoms with van der Waals surface area (Å²) < 4.78 is 32.3. The highest BCUT2D eigenvalue weighted by molar-refractivity contribution is 7.92. The summed E-state index contributed by atoms with van der Waals surface area (Å²) in [6.07, 6.45) is 0.876. The van der Waals surface area contributed by atoms with Crippen molar-refractivity contribution >= 4 is 21.6 Å². The second kappa shape index (κ2) is 10.1. The van der Waals surface area contributed by atoms with Crippen LogP contribution in [0.4, 0.5) is 5.69 Å². The van der Waals surface area contributed by atoms with Gasteiger partial charge in [0.15, 0.2) is 0 Å². The average Bonchev–Trinajstić information content (AvgIpc) is 2.77. The number of sulfonamides is 1. The smallest absolute Gasteiger partial charge is 0.264 e. The van der Waals surface area contributed by atoms with E-state index in [0.29, 0.717) is 17.8 Å². The third kappa shape index (κ3) is 5.38. The number of carbonyl (C=O) groups is 1. The zero-order valence-corrected chi connectivity index (χ0v) is 18.3. The summed E-state index contributed by atoms with van der Waals surface area (Å²) in [7, 11) is -2.13. The zero-order valence-electron chi connectivity index (χ0n) is 17.5. The average molecular weight is 432 g/mol. The van der Waals surface area contributed by atoms with Gasteiger partial charge in [0.25, 0.3) is 15.9 Å². The Morgan fingerprint density at radius 1 is 1.13 bits per heavy atom. The molecule has 0 unspecified atom stereocenters.